The lowest BCUT2D eigenvalue weighted by molar-refractivity contribution is -0.122. The fraction of sp³-hybridized carbons (Fsp3) is 0.857. The molecule has 4 nitrogen and oxygen atoms in total. The number of hydrogen-bond donors (Lipinski definition) is 2. The molecule has 1 aliphatic carbocycles. The first-order valence-corrected chi connectivity index (χ1v) is 7.10. The molecule has 0 aromatic heterocycles. The van der Waals surface area contributed by atoms with Crippen LogP contribution in [0, 0.1) is 23.2 Å². The number of nitriles is 1. The molecule has 0 saturated heterocycles. The second-order valence-electron chi connectivity index (χ2n) is 5.23. The van der Waals surface area contributed by atoms with E-state index in [4.69, 9.17) is 11.0 Å². The van der Waals surface area contributed by atoms with Gasteiger partial charge in [0.05, 0.1) is 12.0 Å². The van der Waals surface area contributed by atoms with Crippen LogP contribution < -0.4 is 11.1 Å². The molecule has 0 spiro atoms. The molecular formula is C14H25N3O. The van der Waals surface area contributed by atoms with Crippen molar-refractivity contribution < 1.29 is 4.79 Å². The Morgan fingerprint density at radius 3 is 2.89 bits per heavy atom. The summed E-state index contributed by atoms with van der Waals surface area (Å²) in [6, 6.07) is 2.37. The monoisotopic (exact) mass is 251 g/mol. The van der Waals surface area contributed by atoms with Crippen molar-refractivity contribution in [1.82, 2.24) is 5.32 Å². The van der Waals surface area contributed by atoms with Gasteiger partial charge in [-0.2, -0.15) is 5.26 Å². The molecular weight excluding hydrogens is 226 g/mol. The van der Waals surface area contributed by atoms with Gasteiger partial charge in [-0.15, -0.1) is 0 Å². The maximum Gasteiger partial charge on any atom is 0.220 e. The van der Waals surface area contributed by atoms with Crippen molar-refractivity contribution >= 4 is 5.91 Å². The molecule has 18 heavy (non-hydrogen) atoms. The molecule has 1 amide bonds. The van der Waals surface area contributed by atoms with Crippen LogP contribution in [0.2, 0.25) is 0 Å². The third kappa shape index (κ3) is 4.66. The standard InChI is InChI=1S/C14H25N3O/c1-2-11(8-9-15)6-7-14(18)17-13-5-3-4-12(13)10-16/h11-13H,2-9,15H2,1H3,(H,17,18). The van der Waals surface area contributed by atoms with Gasteiger partial charge in [0, 0.05) is 12.5 Å². The summed E-state index contributed by atoms with van der Waals surface area (Å²) in [5.41, 5.74) is 5.54. The van der Waals surface area contributed by atoms with Crippen molar-refractivity contribution in [3.05, 3.63) is 0 Å². The third-order valence-electron chi connectivity index (χ3n) is 3.96. The largest absolute Gasteiger partial charge is 0.352 e. The van der Waals surface area contributed by atoms with E-state index < -0.39 is 0 Å². The molecule has 3 N–H and O–H groups in total. The van der Waals surface area contributed by atoms with Gasteiger partial charge in [0.25, 0.3) is 0 Å². The van der Waals surface area contributed by atoms with E-state index in [0.717, 1.165) is 38.5 Å². The first-order valence-electron chi connectivity index (χ1n) is 7.10. The molecule has 4 heteroatoms. The summed E-state index contributed by atoms with van der Waals surface area (Å²) in [6.07, 6.45) is 6.46. The number of rotatable bonds is 7. The molecule has 3 atom stereocenters. The van der Waals surface area contributed by atoms with Crippen LogP contribution in [0.15, 0.2) is 0 Å². The molecule has 0 aromatic carbocycles. The summed E-state index contributed by atoms with van der Waals surface area (Å²) in [7, 11) is 0. The minimum atomic E-state index is 0.0139. The minimum Gasteiger partial charge on any atom is -0.352 e. The highest BCUT2D eigenvalue weighted by Crippen LogP contribution is 2.25. The molecule has 1 aliphatic rings. The molecule has 0 bridgehead atoms. The second kappa shape index (κ2) is 8.10. The highest BCUT2D eigenvalue weighted by Gasteiger charge is 2.28. The van der Waals surface area contributed by atoms with Crippen molar-refractivity contribution in [3.63, 3.8) is 0 Å². The lowest BCUT2D eigenvalue weighted by atomic mass is 9.96. The maximum atomic E-state index is 11.8. The Kier molecular flexibility index (Phi) is 6.74. The molecule has 0 aliphatic heterocycles. The summed E-state index contributed by atoms with van der Waals surface area (Å²) in [6.45, 7) is 2.83. The molecule has 0 heterocycles. The number of nitrogens with zero attached hydrogens (tertiary/aromatic N) is 1. The summed E-state index contributed by atoms with van der Waals surface area (Å²) < 4.78 is 0. The minimum absolute atomic E-state index is 0.0139. The van der Waals surface area contributed by atoms with Gasteiger partial charge in [-0.05, 0) is 44.6 Å². The number of hydrogen-bond acceptors (Lipinski definition) is 3. The van der Waals surface area contributed by atoms with Gasteiger partial charge in [0.15, 0.2) is 0 Å². The number of carbonyl (C=O) groups is 1. The number of carbonyl (C=O) groups excluding carboxylic acids is 1. The summed E-state index contributed by atoms with van der Waals surface area (Å²) in [4.78, 5) is 11.8. The second-order valence-corrected chi connectivity index (χ2v) is 5.23. The van der Waals surface area contributed by atoms with E-state index in [-0.39, 0.29) is 17.9 Å². The van der Waals surface area contributed by atoms with Crippen molar-refractivity contribution in [2.24, 2.45) is 17.6 Å². The van der Waals surface area contributed by atoms with E-state index in [1.165, 1.54) is 0 Å². The third-order valence-corrected chi connectivity index (χ3v) is 3.96. The van der Waals surface area contributed by atoms with Crippen LogP contribution in [-0.4, -0.2) is 18.5 Å². The van der Waals surface area contributed by atoms with Crippen LogP contribution in [0.25, 0.3) is 0 Å². The van der Waals surface area contributed by atoms with Gasteiger partial charge in [-0.1, -0.05) is 13.3 Å². The van der Waals surface area contributed by atoms with E-state index in [0.29, 0.717) is 18.9 Å². The SMILES string of the molecule is CCC(CCN)CCC(=O)NC1CCCC1C#N. The molecule has 102 valence electrons. The summed E-state index contributed by atoms with van der Waals surface area (Å²) in [5.74, 6) is 0.661. The van der Waals surface area contributed by atoms with E-state index in [9.17, 15) is 4.79 Å². The smallest absolute Gasteiger partial charge is 0.220 e. The lowest BCUT2D eigenvalue weighted by Gasteiger charge is -2.17. The highest BCUT2D eigenvalue weighted by molar-refractivity contribution is 5.76. The predicted octanol–water partition coefficient (Wildman–Crippen LogP) is 1.95. The van der Waals surface area contributed by atoms with Crippen LogP contribution in [0.1, 0.15) is 51.9 Å². The van der Waals surface area contributed by atoms with Crippen molar-refractivity contribution in [2.75, 3.05) is 6.54 Å². The Morgan fingerprint density at radius 2 is 2.28 bits per heavy atom. The van der Waals surface area contributed by atoms with Crippen LogP contribution in [0.5, 0.6) is 0 Å². The average Bonchev–Trinajstić information content (AvgIpc) is 2.81. The number of nitrogens with one attached hydrogen (secondary N) is 1. The Bertz CT molecular complexity index is 298. The first-order chi connectivity index (χ1) is 8.71. The van der Waals surface area contributed by atoms with Gasteiger partial charge < -0.3 is 11.1 Å². The molecule has 1 fully saturated rings. The topological polar surface area (TPSA) is 78.9 Å². The number of nitrogens with two attached hydrogens (primary N) is 1. The van der Waals surface area contributed by atoms with Crippen LogP contribution in [0.4, 0.5) is 0 Å². The Balaban J connectivity index is 2.27. The van der Waals surface area contributed by atoms with E-state index >= 15 is 0 Å². The van der Waals surface area contributed by atoms with Crippen LogP contribution in [0.3, 0.4) is 0 Å². The zero-order chi connectivity index (χ0) is 13.4. The van der Waals surface area contributed by atoms with Crippen molar-refractivity contribution in [1.29, 1.82) is 5.26 Å². The van der Waals surface area contributed by atoms with Crippen LogP contribution in [-0.2, 0) is 4.79 Å². The zero-order valence-corrected chi connectivity index (χ0v) is 11.3. The summed E-state index contributed by atoms with van der Waals surface area (Å²) in [5, 5.41) is 12.0. The Hall–Kier alpha value is -1.08. The lowest BCUT2D eigenvalue weighted by Crippen LogP contribution is -2.37. The molecule has 1 saturated carbocycles. The quantitative estimate of drug-likeness (QED) is 0.726. The fourth-order valence-electron chi connectivity index (χ4n) is 2.69. The molecule has 1 rings (SSSR count). The van der Waals surface area contributed by atoms with Gasteiger partial charge >= 0.3 is 0 Å². The molecule has 0 aromatic rings. The van der Waals surface area contributed by atoms with Gasteiger partial charge in [0.1, 0.15) is 0 Å². The van der Waals surface area contributed by atoms with Gasteiger partial charge in [0.2, 0.25) is 5.91 Å². The van der Waals surface area contributed by atoms with E-state index in [1.54, 1.807) is 0 Å². The van der Waals surface area contributed by atoms with Gasteiger partial charge in [-0.3, -0.25) is 4.79 Å². The Morgan fingerprint density at radius 1 is 1.50 bits per heavy atom. The maximum absolute atomic E-state index is 11.8. The predicted molar refractivity (Wildman–Crippen MR) is 71.6 cm³/mol. The highest BCUT2D eigenvalue weighted by atomic mass is 16.1. The van der Waals surface area contributed by atoms with E-state index in [1.807, 2.05) is 0 Å². The van der Waals surface area contributed by atoms with Crippen LogP contribution >= 0.6 is 0 Å². The average molecular weight is 251 g/mol. The number of amides is 1. The zero-order valence-electron chi connectivity index (χ0n) is 11.3. The van der Waals surface area contributed by atoms with E-state index in [2.05, 4.69) is 18.3 Å². The first kappa shape index (κ1) is 15.0. The Labute approximate surface area is 110 Å². The molecule has 0 radical (unpaired) electrons. The fourth-order valence-corrected chi connectivity index (χ4v) is 2.69. The van der Waals surface area contributed by atoms with Crippen molar-refractivity contribution in [2.45, 2.75) is 57.9 Å². The summed E-state index contributed by atoms with van der Waals surface area (Å²) >= 11 is 0. The molecule has 3 unspecified atom stereocenters. The van der Waals surface area contributed by atoms with Gasteiger partial charge in [-0.25, -0.2) is 0 Å². The van der Waals surface area contributed by atoms with Crippen molar-refractivity contribution in [3.8, 4) is 6.07 Å². The normalized spacial score (nSPS) is 24.5.